The van der Waals surface area contributed by atoms with Crippen LogP contribution in [0.1, 0.15) is 44.5 Å². The third-order valence-corrected chi connectivity index (χ3v) is 4.55. The van der Waals surface area contributed by atoms with E-state index in [0.717, 1.165) is 10.9 Å². The van der Waals surface area contributed by atoms with Gasteiger partial charge in [-0.2, -0.15) is 0 Å². The normalized spacial score (nSPS) is 20.1. The van der Waals surface area contributed by atoms with Crippen LogP contribution < -0.4 is 10.5 Å². The highest BCUT2D eigenvalue weighted by molar-refractivity contribution is 9.10. The lowest BCUT2D eigenvalue weighted by Gasteiger charge is -2.42. The van der Waals surface area contributed by atoms with Crippen molar-refractivity contribution in [2.45, 2.75) is 46.3 Å². The summed E-state index contributed by atoms with van der Waals surface area (Å²) in [5.74, 6) is 0.746. The molecular formula is C17H26BrClN2O2. The van der Waals surface area contributed by atoms with Gasteiger partial charge in [0.2, 0.25) is 0 Å². The maximum atomic E-state index is 12.8. The number of amides is 1. The number of halogens is 2. The first kappa shape index (κ1) is 20.3. The Balaban J connectivity index is 0.00000264. The molecule has 1 heterocycles. The van der Waals surface area contributed by atoms with E-state index in [2.05, 4.69) is 29.8 Å². The second kappa shape index (κ2) is 7.86. The van der Waals surface area contributed by atoms with E-state index in [0.29, 0.717) is 24.4 Å². The van der Waals surface area contributed by atoms with Crippen molar-refractivity contribution in [3.8, 4) is 5.75 Å². The Kier molecular flexibility index (Phi) is 6.93. The number of benzene rings is 1. The van der Waals surface area contributed by atoms with Crippen molar-refractivity contribution in [3.05, 3.63) is 28.2 Å². The zero-order valence-electron chi connectivity index (χ0n) is 14.1. The lowest BCUT2D eigenvalue weighted by atomic mass is 9.79. The van der Waals surface area contributed by atoms with Crippen molar-refractivity contribution >= 4 is 34.2 Å². The minimum Gasteiger partial charge on any atom is -0.491 e. The van der Waals surface area contributed by atoms with Crippen molar-refractivity contribution in [1.82, 2.24) is 4.90 Å². The fraction of sp³-hybridized carbons (Fsp3) is 0.588. The molecule has 0 spiro atoms. The fourth-order valence-corrected chi connectivity index (χ4v) is 3.23. The molecule has 0 bridgehead atoms. The van der Waals surface area contributed by atoms with E-state index >= 15 is 0 Å². The minimum atomic E-state index is -0.0583. The summed E-state index contributed by atoms with van der Waals surface area (Å²) in [4.78, 5) is 14.7. The van der Waals surface area contributed by atoms with E-state index in [1.54, 1.807) is 0 Å². The number of carbonyl (C=O) groups is 1. The van der Waals surface area contributed by atoms with Gasteiger partial charge >= 0.3 is 0 Å². The topological polar surface area (TPSA) is 55.6 Å². The number of carbonyl (C=O) groups excluding carboxylic acids is 1. The van der Waals surface area contributed by atoms with Gasteiger partial charge in [0, 0.05) is 29.2 Å². The van der Waals surface area contributed by atoms with E-state index in [9.17, 15) is 4.79 Å². The van der Waals surface area contributed by atoms with E-state index < -0.39 is 0 Å². The minimum absolute atomic E-state index is 0. The van der Waals surface area contributed by atoms with Crippen molar-refractivity contribution in [2.24, 2.45) is 11.1 Å². The number of likely N-dealkylation sites (tertiary alicyclic amines) is 1. The van der Waals surface area contributed by atoms with Crippen molar-refractivity contribution in [3.63, 3.8) is 0 Å². The van der Waals surface area contributed by atoms with Crippen LogP contribution in [-0.4, -0.2) is 36.0 Å². The molecule has 23 heavy (non-hydrogen) atoms. The monoisotopic (exact) mass is 404 g/mol. The highest BCUT2D eigenvalue weighted by Crippen LogP contribution is 2.30. The van der Waals surface area contributed by atoms with Crippen LogP contribution in [0.25, 0.3) is 0 Å². The molecular weight excluding hydrogens is 380 g/mol. The van der Waals surface area contributed by atoms with Crippen LogP contribution in [0, 0.1) is 5.41 Å². The number of ether oxygens (including phenoxy) is 1. The maximum Gasteiger partial charge on any atom is 0.254 e. The van der Waals surface area contributed by atoms with Gasteiger partial charge < -0.3 is 15.4 Å². The number of hydrogen-bond acceptors (Lipinski definition) is 3. The Bertz CT molecular complexity index is 564. The van der Waals surface area contributed by atoms with Crippen molar-refractivity contribution in [2.75, 3.05) is 13.1 Å². The second-order valence-corrected chi connectivity index (χ2v) is 7.87. The average molecular weight is 406 g/mol. The molecule has 2 N–H and O–H groups in total. The highest BCUT2D eigenvalue weighted by Gasteiger charge is 2.35. The summed E-state index contributed by atoms with van der Waals surface area (Å²) < 4.78 is 6.56. The second-order valence-electron chi connectivity index (χ2n) is 6.95. The zero-order chi connectivity index (χ0) is 16.5. The van der Waals surface area contributed by atoms with Gasteiger partial charge in [0.05, 0.1) is 6.10 Å². The Morgan fingerprint density at radius 3 is 2.61 bits per heavy atom. The Labute approximate surface area is 153 Å². The number of nitrogens with two attached hydrogens (primary N) is 1. The predicted octanol–water partition coefficient (Wildman–Crippen LogP) is 3.86. The van der Waals surface area contributed by atoms with Crippen LogP contribution in [0.3, 0.4) is 0 Å². The number of nitrogens with zero attached hydrogens (tertiary/aromatic N) is 1. The van der Waals surface area contributed by atoms with Crippen molar-refractivity contribution in [1.29, 1.82) is 0 Å². The smallest absolute Gasteiger partial charge is 0.254 e. The highest BCUT2D eigenvalue weighted by atomic mass is 79.9. The molecule has 1 aromatic carbocycles. The molecule has 1 aliphatic heterocycles. The zero-order valence-corrected chi connectivity index (χ0v) is 16.5. The molecule has 1 unspecified atom stereocenters. The molecule has 130 valence electrons. The van der Waals surface area contributed by atoms with Gasteiger partial charge in [-0.15, -0.1) is 12.4 Å². The molecule has 0 aliphatic carbocycles. The summed E-state index contributed by atoms with van der Waals surface area (Å²) in [6.45, 7) is 9.56. The van der Waals surface area contributed by atoms with Gasteiger partial charge in [0.1, 0.15) is 5.75 Å². The van der Waals surface area contributed by atoms with Gasteiger partial charge in [0.25, 0.3) is 5.91 Å². The summed E-state index contributed by atoms with van der Waals surface area (Å²) in [5, 5.41) is 0. The number of piperidine rings is 1. The molecule has 0 aromatic heterocycles. The Hall–Kier alpha value is -0.780. The van der Waals surface area contributed by atoms with E-state index in [4.69, 9.17) is 10.5 Å². The summed E-state index contributed by atoms with van der Waals surface area (Å²) in [5.41, 5.74) is 6.74. The van der Waals surface area contributed by atoms with Gasteiger partial charge in [-0.05, 0) is 43.9 Å². The van der Waals surface area contributed by atoms with Crippen LogP contribution in [0.4, 0.5) is 0 Å². The maximum absolute atomic E-state index is 12.8. The lowest BCUT2D eigenvalue weighted by molar-refractivity contribution is 0.0532. The van der Waals surface area contributed by atoms with Crippen LogP contribution in [0.2, 0.25) is 0 Å². The molecule has 0 saturated carbocycles. The first-order chi connectivity index (χ1) is 10.2. The summed E-state index contributed by atoms with van der Waals surface area (Å²) in [6.07, 6.45) is 0.909. The summed E-state index contributed by atoms with van der Waals surface area (Å²) >= 11 is 3.46. The predicted molar refractivity (Wildman–Crippen MR) is 99.4 cm³/mol. The molecule has 1 aromatic rings. The molecule has 1 atom stereocenters. The third kappa shape index (κ3) is 5.10. The van der Waals surface area contributed by atoms with Gasteiger partial charge in [0.15, 0.2) is 0 Å². The molecule has 2 rings (SSSR count). The van der Waals surface area contributed by atoms with Gasteiger partial charge in [-0.3, -0.25) is 4.79 Å². The summed E-state index contributed by atoms with van der Waals surface area (Å²) in [7, 11) is 0. The lowest BCUT2D eigenvalue weighted by Crippen LogP contribution is -2.54. The van der Waals surface area contributed by atoms with E-state index in [1.165, 1.54) is 0 Å². The number of rotatable bonds is 3. The molecule has 1 saturated heterocycles. The van der Waals surface area contributed by atoms with Crippen LogP contribution in [-0.2, 0) is 0 Å². The van der Waals surface area contributed by atoms with Crippen LogP contribution >= 0.6 is 28.3 Å². The molecule has 1 fully saturated rings. The molecule has 4 nitrogen and oxygen atoms in total. The third-order valence-electron chi connectivity index (χ3n) is 4.09. The SMILES string of the molecule is CC(C)Oc1cc(Br)cc(C(=O)N2CCC(N)C(C)(C)C2)c1.Cl. The average Bonchev–Trinajstić information content (AvgIpc) is 2.39. The standard InChI is InChI=1S/C17H25BrN2O2.ClH/c1-11(2)22-14-8-12(7-13(18)9-14)16(21)20-6-5-15(19)17(3,4)10-20;/h7-9,11,15H,5-6,10,19H2,1-4H3;1H. The van der Waals surface area contributed by atoms with Gasteiger partial charge in [-0.1, -0.05) is 29.8 Å². The van der Waals surface area contributed by atoms with E-state index in [-0.39, 0.29) is 35.9 Å². The largest absolute Gasteiger partial charge is 0.491 e. The quantitative estimate of drug-likeness (QED) is 0.831. The Morgan fingerprint density at radius 1 is 1.39 bits per heavy atom. The first-order valence-electron chi connectivity index (χ1n) is 7.71. The molecule has 6 heteroatoms. The van der Waals surface area contributed by atoms with E-state index in [1.807, 2.05) is 36.9 Å². The molecule has 1 aliphatic rings. The Morgan fingerprint density at radius 2 is 2.04 bits per heavy atom. The van der Waals surface area contributed by atoms with Crippen molar-refractivity contribution < 1.29 is 9.53 Å². The first-order valence-corrected chi connectivity index (χ1v) is 8.50. The number of hydrogen-bond donors (Lipinski definition) is 1. The summed E-state index contributed by atoms with van der Waals surface area (Å²) in [6, 6.07) is 5.68. The van der Waals surface area contributed by atoms with Gasteiger partial charge in [-0.25, -0.2) is 0 Å². The van der Waals surface area contributed by atoms with Crippen LogP contribution in [0.15, 0.2) is 22.7 Å². The molecule has 0 radical (unpaired) electrons. The fourth-order valence-electron chi connectivity index (χ4n) is 2.76. The van der Waals surface area contributed by atoms with Crippen LogP contribution in [0.5, 0.6) is 5.75 Å². The molecule has 1 amide bonds.